The number of rotatable bonds is 3. The quantitative estimate of drug-likeness (QED) is 0.847. The largest absolute Gasteiger partial charge is 0.444 e. The SMILES string of the molecule is Cc1cnc(CN2CC(=O)NC(C(C)C)C2=O)o1. The van der Waals surface area contributed by atoms with Crippen LogP contribution < -0.4 is 5.32 Å². The molecule has 1 aliphatic heterocycles. The Morgan fingerprint density at radius 3 is 2.83 bits per heavy atom. The van der Waals surface area contributed by atoms with Gasteiger partial charge in [0, 0.05) is 0 Å². The van der Waals surface area contributed by atoms with Gasteiger partial charge < -0.3 is 14.6 Å². The summed E-state index contributed by atoms with van der Waals surface area (Å²) in [5.41, 5.74) is 0. The van der Waals surface area contributed by atoms with Crippen LogP contribution in [0.3, 0.4) is 0 Å². The van der Waals surface area contributed by atoms with Gasteiger partial charge in [0.2, 0.25) is 17.7 Å². The molecular formula is C12H17N3O3. The molecular weight excluding hydrogens is 234 g/mol. The maximum atomic E-state index is 12.2. The summed E-state index contributed by atoms with van der Waals surface area (Å²) in [5, 5.41) is 2.71. The van der Waals surface area contributed by atoms with Crippen LogP contribution in [0.15, 0.2) is 10.6 Å². The molecule has 1 aliphatic rings. The number of hydrogen-bond acceptors (Lipinski definition) is 4. The third-order valence-corrected chi connectivity index (χ3v) is 2.89. The lowest BCUT2D eigenvalue weighted by Gasteiger charge is -2.33. The minimum atomic E-state index is -0.456. The van der Waals surface area contributed by atoms with Crippen LogP contribution in [0.1, 0.15) is 25.5 Å². The maximum Gasteiger partial charge on any atom is 0.246 e. The van der Waals surface area contributed by atoms with Gasteiger partial charge in [-0.05, 0) is 12.8 Å². The molecule has 1 fully saturated rings. The lowest BCUT2D eigenvalue weighted by atomic mass is 10.0. The van der Waals surface area contributed by atoms with Gasteiger partial charge in [-0.2, -0.15) is 0 Å². The third-order valence-electron chi connectivity index (χ3n) is 2.89. The van der Waals surface area contributed by atoms with Crippen molar-refractivity contribution in [2.75, 3.05) is 6.54 Å². The minimum absolute atomic E-state index is 0.0590. The fraction of sp³-hybridized carbons (Fsp3) is 0.583. The lowest BCUT2D eigenvalue weighted by molar-refractivity contribution is -0.146. The standard InChI is InChI=1S/C12H17N3O3/c1-7(2)11-12(17)15(5-9(16)14-11)6-10-13-4-8(3)18-10/h4,7,11H,5-6H2,1-3H3,(H,14,16). The van der Waals surface area contributed by atoms with E-state index in [9.17, 15) is 9.59 Å². The second-order valence-electron chi connectivity index (χ2n) is 4.85. The van der Waals surface area contributed by atoms with Gasteiger partial charge in [-0.25, -0.2) is 4.98 Å². The molecule has 2 amide bonds. The highest BCUT2D eigenvalue weighted by Crippen LogP contribution is 2.14. The van der Waals surface area contributed by atoms with Crippen LogP contribution in [0.2, 0.25) is 0 Å². The molecule has 0 bridgehead atoms. The number of piperazine rings is 1. The molecule has 6 nitrogen and oxygen atoms in total. The predicted molar refractivity (Wildman–Crippen MR) is 63.4 cm³/mol. The first kappa shape index (κ1) is 12.6. The summed E-state index contributed by atoms with van der Waals surface area (Å²) in [6.07, 6.45) is 1.60. The number of carbonyl (C=O) groups is 2. The molecule has 2 rings (SSSR count). The molecule has 18 heavy (non-hydrogen) atoms. The summed E-state index contributed by atoms with van der Waals surface area (Å²) in [7, 11) is 0. The molecule has 2 heterocycles. The predicted octanol–water partition coefficient (Wildman–Crippen LogP) is 0.466. The average Bonchev–Trinajstić information content (AvgIpc) is 2.68. The molecule has 0 radical (unpaired) electrons. The summed E-state index contributed by atoms with van der Waals surface area (Å²) in [5.74, 6) is 0.991. The first-order valence-electron chi connectivity index (χ1n) is 5.97. The van der Waals surface area contributed by atoms with E-state index in [0.29, 0.717) is 11.7 Å². The molecule has 1 aromatic rings. The molecule has 0 spiro atoms. The van der Waals surface area contributed by atoms with Gasteiger partial charge in [-0.15, -0.1) is 0 Å². The Balaban J connectivity index is 2.11. The van der Waals surface area contributed by atoms with Crippen molar-refractivity contribution in [3.8, 4) is 0 Å². The van der Waals surface area contributed by atoms with Crippen LogP contribution in [-0.2, 0) is 16.1 Å². The molecule has 1 saturated heterocycles. The van der Waals surface area contributed by atoms with E-state index in [2.05, 4.69) is 10.3 Å². The fourth-order valence-electron chi connectivity index (χ4n) is 1.95. The Hall–Kier alpha value is -1.85. The molecule has 1 atom stereocenters. The van der Waals surface area contributed by atoms with E-state index in [1.54, 1.807) is 13.1 Å². The normalized spacial score (nSPS) is 20.4. The van der Waals surface area contributed by atoms with Gasteiger partial charge in [0.15, 0.2) is 0 Å². The van der Waals surface area contributed by atoms with E-state index in [-0.39, 0.29) is 30.8 Å². The van der Waals surface area contributed by atoms with Crippen LogP contribution in [-0.4, -0.2) is 34.3 Å². The highest BCUT2D eigenvalue weighted by Gasteiger charge is 2.34. The maximum absolute atomic E-state index is 12.2. The van der Waals surface area contributed by atoms with Crippen molar-refractivity contribution in [2.45, 2.75) is 33.4 Å². The zero-order valence-electron chi connectivity index (χ0n) is 10.8. The van der Waals surface area contributed by atoms with Gasteiger partial charge in [0.25, 0.3) is 0 Å². The van der Waals surface area contributed by atoms with Gasteiger partial charge >= 0.3 is 0 Å². The van der Waals surface area contributed by atoms with Crippen LogP contribution in [0.25, 0.3) is 0 Å². The van der Waals surface area contributed by atoms with Crippen molar-refractivity contribution >= 4 is 11.8 Å². The summed E-state index contributed by atoms with van der Waals surface area (Å²) in [4.78, 5) is 29.3. The van der Waals surface area contributed by atoms with E-state index >= 15 is 0 Å². The van der Waals surface area contributed by atoms with Gasteiger partial charge in [-0.3, -0.25) is 9.59 Å². The average molecular weight is 251 g/mol. The zero-order valence-corrected chi connectivity index (χ0v) is 10.8. The molecule has 6 heteroatoms. The van der Waals surface area contributed by atoms with Gasteiger partial charge in [-0.1, -0.05) is 13.8 Å². The van der Waals surface area contributed by atoms with Crippen LogP contribution >= 0.6 is 0 Å². The third kappa shape index (κ3) is 2.52. The number of aromatic nitrogens is 1. The second kappa shape index (κ2) is 4.80. The number of amides is 2. The Morgan fingerprint density at radius 2 is 2.28 bits per heavy atom. The minimum Gasteiger partial charge on any atom is -0.444 e. The van der Waals surface area contributed by atoms with Gasteiger partial charge in [0.1, 0.15) is 18.3 Å². The molecule has 1 N–H and O–H groups in total. The number of nitrogens with one attached hydrogen (secondary N) is 1. The van der Waals surface area contributed by atoms with Gasteiger partial charge in [0.05, 0.1) is 12.7 Å². The summed E-state index contributed by atoms with van der Waals surface area (Å²) < 4.78 is 5.33. The van der Waals surface area contributed by atoms with E-state index in [1.165, 1.54) is 4.90 Å². The number of hydrogen-bond donors (Lipinski definition) is 1. The van der Waals surface area contributed by atoms with E-state index in [4.69, 9.17) is 4.42 Å². The van der Waals surface area contributed by atoms with Crippen molar-refractivity contribution in [1.82, 2.24) is 15.2 Å². The Bertz CT molecular complexity index is 467. The van der Waals surface area contributed by atoms with Crippen LogP contribution in [0.4, 0.5) is 0 Å². The van der Waals surface area contributed by atoms with E-state index in [1.807, 2.05) is 13.8 Å². The number of oxazole rings is 1. The van der Waals surface area contributed by atoms with Crippen molar-refractivity contribution in [3.05, 3.63) is 17.8 Å². The van der Waals surface area contributed by atoms with Crippen molar-refractivity contribution in [3.63, 3.8) is 0 Å². The fourth-order valence-corrected chi connectivity index (χ4v) is 1.95. The first-order valence-corrected chi connectivity index (χ1v) is 5.97. The lowest BCUT2D eigenvalue weighted by Crippen LogP contribution is -2.59. The second-order valence-corrected chi connectivity index (χ2v) is 4.85. The van der Waals surface area contributed by atoms with E-state index < -0.39 is 6.04 Å². The monoisotopic (exact) mass is 251 g/mol. The van der Waals surface area contributed by atoms with Crippen molar-refractivity contribution in [1.29, 1.82) is 0 Å². The number of nitrogens with zero attached hydrogens (tertiary/aromatic N) is 2. The number of aryl methyl sites for hydroxylation is 1. The Kier molecular flexibility index (Phi) is 3.36. The van der Waals surface area contributed by atoms with E-state index in [0.717, 1.165) is 0 Å². The topological polar surface area (TPSA) is 75.4 Å². The van der Waals surface area contributed by atoms with Crippen LogP contribution in [0.5, 0.6) is 0 Å². The molecule has 1 unspecified atom stereocenters. The summed E-state index contributed by atoms with van der Waals surface area (Å²) in [6.45, 7) is 5.90. The molecule has 0 aromatic carbocycles. The highest BCUT2D eigenvalue weighted by molar-refractivity contribution is 5.94. The molecule has 98 valence electrons. The van der Waals surface area contributed by atoms with Crippen LogP contribution in [0, 0.1) is 12.8 Å². The Morgan fingerprint density at radius 1 is 1.56 bits per heavy atom. The molecule has 1 aromatic heterocycles. The summed E-state index contributed by atoms with van der Waals surface area (Å²) >= 11 is 0. The molecule has 0 aliphatic carbocycles. The zero-order chi connectivity index (χ0) is 13.3. The smallest absolute Gasteiger partial charge is 0.246 e. The van der Waals surface area contributed by atoms with Crippen molar-refractivity contribution < 1.29 is 14.0 Å². The molecule has 0 saturated carbocycles. The summed E-state index contributed by atoms with van der Waals surface area (Å²) in [6, 6.07) is -0.456. The number of carbonyl (C=O) groups excluding carboxylic acids is 2. The highest BCUT2D eigenvalue weighted by atomic mass is 16.4. The first-order chi connectivity index (χ1) is 8.47. The van der Waals surface area contributed by atoms with Crippen molar-refractivity contribution in [2.24, 2.45) is 5.92 Å². The Labute approximate surface area is 105 Å².